The first-order valence-corrected chi connectivity index (χ1v) is 8.29. The number of rotatable bonds is 5. The Kier molecular flexibility index (Phi) is 5.67. The standard InChI is InChI=1S/C15H17Cl2N3OS/c1-5-20(4)8-18-11-6-10(3)12(7-9(11)2)21-15-13(16)14(17)19-22-15/h6-8H,5H2,1-4H3. The molecule has 0 fully saturated rings. The maximum Gasteiger partial charge on any atom is 0.220 e. The van der Waals surface area contributed by atoms with Crippen molar-refractivity contribution in [3.05, 3.63) is 33.4 Å². The van der Waals surface area contributed by atoms with Crippen molar-refractivity contribution in [2.24, 2.45) is 4.99 Å². The Morgan fingerprint density at radius 2 is 2.05 bits per heavy atom. The molecule has 2 rings (SSSR count). The van der Waals surface area contributed by atoms with Crippen molar-refractivity contribution < 1.29 is 4.74 Å². The van der Waals surface area contributed by atoms with Gasteiger partial charge in [0.15, 0.2) is 5.15 Å². The number of hydrogen-bond donors (Lipinski definition) is 0. The van der Waals surface area contributed by atoms with Gasteiger partial charge in [-0.3, -0.25) is 0 Å². The lowest BCUT2D eigenvalue weighted by molar-refractivity contribution is 0.492. The summed E-state index contributed by atoms with van der Waals surface area (Å²) in [4.78, 5) is 6.51. The molecule has 0 amide bonds. The van der Waals surface area contributed by atoms with E-state index in [0.717, 1.165) is 40.6 Å². The molecule has 0 bridgehead atoms. The summed E-state index contributed by atoms with van der Waals surface area (Å²) >= 11 is 13.0. The lowest BCUT2D eigenvalue weighted by atomic mass is 10.1. The maximum absolute atomic E-state index is 6.04. The molecule has 0 atom stereocenters. The fourth-order valence-electron chi connectivity index (χ4n) is 1.68. The molecule has 1 heterocycles. The molecular weight excluding hydrogens is 341 g/mol. The van der Waals surface area contributed by atoms with Crippen molar-refractivity contribution in [3.8, 4) is 10.8 Å². The highest BCUT2D eigenvalue weighted by atomic mass is 35.5. The molecule has 0 aliphatic carbocycles. The van der Waals surface area contributed by atoms with Gasteiger partial charge in [-0.2, -0.15) is 4.37 Å². The van der Waals surface area contributed by atoms with Crippen molar-refractivity contribution in [2.45, 2.75) is 20.8 Å². The Balaban J connectivity index is 2.26. The molecule has 118 valence electrons. The molecule has 22 heavy (non-hydrogen) atoms. The van der Waals surface area contributed by atoms with Crippen LogP contribution in [-0.2, 0) is 0 Å². The van der Waals surface area contributed by atoms with Crippen molar-refractivity contribution in [1.29, 1.82) is 0 Å². The summed E-state index contributed by atoms with van der Waals surface area (Å²) in [5, 5.41) is 1.10. The highest BCUT2D eigenvalue weighted by Crippen LogP contribution is 2.40. The zero-order chi connectivity index (χ0) is 16.3. The van der Waals surface area contributed by atoms with Crippen molar-refractivity contribution in [1.82, 2.24) is 9.27 Å². The fraction of sp³-hybridized carbons (Fsp3) is 0.333. The number of halogens is 2. The topological polar surface area (TPSA) is 37.7 Å². The van der Waals surface area contributed by atoms with Crippen LogP contribution in [0, 0.1) is 13.8 Å². The lowest BCUT2D eigenvalue weighted by Crippen LogP contribution is -2.14. The van der Waals surface area contributed by atoms with E-state index in [2.05, 4.69) is 16.3 Å². The zero-order valence-electron chi connectivity index (χ0n) is 12.9. The molecule has 0 N–H and O–H groups in total. The van der Waals surface area contributed by atoms with Gasteiger partial charge in [0.2, 0.25) is 5.06 Å². The summed E-state index contributed by atoms with van der Waals surface area (Å²) in [5.41, 5.74) is 2.91. The summed E-state index contributed by atoms with van der Waals surface area (Å²) in [6, 6.07) is 3.93. The molecule has 7 heteroatoms. The summed E-state index contributed by atoms with van der Waals surface area (Å²) < 4.78 is 9.78. The quantitative estimate of drug-likeness (QED) is 0.525. The summed E-state index contributed by atoms with van der Waals surface area (Å²) in [5.74, 6) is 0.725. The van der Waals surface area contributed by atoms with E-state index in [1.54, 1.807) is 0 Å². The Labute approximate surface area is 144 Å². The zero-order valence-corrected chi connectivity index (χ0v) is 15.2. The predicted molar refractivity (Wildman–Crippen MR) is 94.6 cm³/mol. The van der Waals surface area contributed by atoms with Gasteiger partial charge in [-0.15, -0.1) is 0 Å². The Morgan fingerprint density at radius 3 is 2.64 bits per heavy atom. The monoisotopic (exact) mass is 357 g/mol. The van der Waals surface area contributed by atoms with Crippen LogP contribution in [0.25, 0.3) is 0 Å². The lowest BCUT2D eigenvalue weighted by Gasteiger charge is -2.12. The molecule has 0 saturated heterocycles. The van der Waals surface area contributed by atoms with Gasteiger partial charge in [-0.1, -0.05) is 23.2 Å². The third-order valence-electron chi connectivity index (χ3n) is 3.16. The molecular formula is C15H17Cl2N3OS. The van der Waals surface area contributed by atoms with E-state index in [1.807, 2.05) is 44.3 Å². The molecule has 0 radical (unpaired) electrons. The van der Waals surface area contributed by atoms with Crippen molar-refractivity contribution in [2.75, 3.05) is 13.6 Å². The molecule has 0 unspecified atom stereocenters. The van der Waals surface area contributed by atoms with E-state index in [9.17, 15) is 0 Å². The third-order valence-corrected chi connectivity index (χ3v) is 4.82. The SMILES string of the molecule is CCN(C)C=Nc1cc(C)c(Oc2snc(Cl)c2Cl)cc1C. The second kappa shape index (κ2) is 7.31. The largest absolute Gasteiger partial charge is 0.443 e. The van der Waals surface area contributed by atoms with Gasteiger partial charge >= 0.3 is 0 Å². The second-order valence-corrected chi connectivity index (χ2v) is 6.37. The van der Waals surface area contributed by atoms with E-state index in [1.165, 1.54) is 0 Å². The number of hydrogen-bond acceptors (Lipinski definition) is 4. The van der Waals surface area contributed by atoms with E-state index in [4.69, 9.17) is 27.9 Å². The van der Waals surface area contributed by atoms with Gasteiger partial charge in [-0.25, -0.2) is 4.99 Å². The Hall–Kier alpha value is -1.30. The predicted octanol–water partition coefficient (Wildman–Crippen LogP) is 5.47. The first kappa shape index (κ1) is 17.1. The molecule has 0 aliphatic rings. The normalized spacial score (nSPS) is 11.2. The maximum atomic E-state index is 6.04. The highest BCUT2D eigenvalue weighted by Gasteiger charge is 2.14. The van der Waals surface area contributed by atoms with E-state index >= 15 is 0 Å². The number of aryl methyl sites for hydroxylation is 2. The fourth-order valence-corrected chi connectivity index (χ4v) is 2.71. The first-order valence-electron chi connectivity index (χ1n) is 6.76. The molecule has 4 nitrogen and oxygen atoms in total. The summed E-state index contributed by atoms with van der Waals surface area (Å²) in [6.07, 6.45) is 1.82. The van der Waals surface area contributed by atoms with Crippen molar-refractivity contribution >= 4 is 46.8 Å². The van der Waals surface area contributed by atoms with Crippen LogP contribution in [0.2, 0.25) is 10.2 Å². The molecule has 2 aromatic rings. The minimum Gasteiger partial charge on any atom is -0.443 e. The van der Waals surface area contributed by atoms with Gasteiger partial charge in [-0.05, 0) is 44.0 Å². The third kappa shape index (κ3) is 3.91. The van der Waals surface area contributed by atoms with Crippen molar-refractivity contribution in [3.63, 3.8) is 0 Å². The van der Waals surface area contributed by atoms with E-state index < -0.39 is 0 Å². The van der Waals surface area contributed by atoms with Crippen LogP contribution in [0.5, 0.6) is 10.8 Å². The Bertz CT molecular complexity index is 700. The number of benzene rings is 1. The van der Waals surface area contributed by atoms with Gasteiger partial charge in [0.05, 0.1) is 12.0 Å². The van der Waals surface area contributed by atoms with Gasteiger partial charge in [0.1, 0.15) is 10.8 Å². The average molecular weight is 358 g/mol. The minimum absolute atomic E-state index is 0.264. The molecule has 1 aromatic carbocycles. The van der Waals surface area contributed by atoms with Gasteiger partial charge in [0, 0.05) is 25.1 Å². The Morgan fingerprint density at radius 1 is 1.32 bits per heavy atom. The highest BCUT2D eigenvalue weighted by molar-refractivity contribution is 7.09. The van der Waals surface area contributed by atoms with Crippen LogP contribution in [0.1, 0.15) is 18.1 Å². The minimum atomic E-state index is 0.264. The summed E-state index contributed by atoms with van der Waals surface area (Å²) in [7, 11) is 1.98. The second-order valence-electron chi connectivity index (χ2n) is 4.90. The molecule has 1 aromatic heterocycles. The van der Waals surface area contributed by atoms with Crippen LogP contribution in [0.3, 0.4) is 0 Å². The molecule has 0 saturated carbocycles. The van der Waals surface area contributed by atoms with E-state index in [0.29, 0.717) is 10.1 Å². The van der Waals surface area contributed by atoms with Gasteiger partial charge < -0.3 is 9.64 Å². The van der Waals surface area contributed by atoms with Crippen LogP contribution >= 0.6 is 34.7 Å². The first-order chi connectivity index (χ1) is 10.4. The smallest absolute Gasteiger partial charge is 0.220 e. The molecule has 0 aliphatic heterocycles. The van der Waals surface area contributed by atoms with Gasteiger partial charge in [0.25, 0.3) is 0 Å². The van der Waals surface area contributed by atoms with E-state index in [-0.39, 0.29) is 5.15 Å². The number of aromatic nitrogens is 1. The molecule has 0 spiro atoms. The number of aliphatic imine (C=N–C) groups is 1. The van der Waals surface area contributed by atoms with Crippen LogP contribution in [-0.4, -0.2) is 29.2 Å². The van der Waals surface area contributed by atoms with Crippen LogP contribution < -0.4 is 4.74 Å². The average Bonchev–Trinajstić information content (AvgIpc) is 2.80. The van der Waals surface area contributed by atoms with Crippen LogP contribution in [0.4, 0.5) is 5.69 Å². The van der Waals surface area contributed by atoms with Crippen LogP contribution in [0.15, 0.2) is 17.1 Å². The number of ether oxygens (including phenoxy) is 1. The summed E-state index contributed by atoms with van der Waals surface area (Å²) in [6.45, 7) is 6.94. The number of nitrogens with zero attached hydrogens (tertiary/aromatic N) is 3.